The monoisotopic (exact) mass is 701 g/mol. The van der Waals surface area contributed by atoms with Crippen LogP contribution in [0.1, 0.15) is 101 Å². The molecule has 2 unspecified atom stereocenters. The summed E-state index contributed by atoms with van der Waals surface area (Å²) in [5, 5.41) is 14.6. The number of pyridine rings is 1. The van der Waals surface area contributed by atoms with E-state index in [0.717, 1.165) is 68.1 Å². The minimum Gasteiger partial charge on any atom is -0.493 e. The number of carboxylic acids is 1. The molecule has 1 aromatic heterocycles. The number of carbonyl (C=O) groups is 1. The minimum atomic E-state index is -1.07. The molecular formula is C41H52ClN3O5. The number of nitrogens with one attached hydrogen (secondary N) is 1. The summed E-state index contributed by atoms with van der Waals surface area (Å²) >= 11 is 6.29. The molecule has 0 bridgehead atoms. The van der Waals surface area contributed by atoms with E-state index in [9.17, 15) is 9.90 Å². The normalized spacial score (nSPS) is 27.2. The number of benzene rings is 2. The van der Waals surface area contributed by atoms with E-state index in [4.69, 9.17) is 25.8 Å². The number of aliphatic carboxylic acids is 1. The number of nitrogens with zero attached hydrogens (tertiary/aromatic N) is 2. The molecule has 7 rings (SSSR count). The number of carboxylic acid groups (broad SMARTS) is 1. The van der Waals surface area contributed by atoms with Crippen LogP contribution in [0.25, 0.3) is 0 Å². The molecule has 2 aromatic carbocycles. The molecular weight excluding hydrogens is 650 g/mol. The van der Waals surface area contributed by atoms with E-state index in [2.05, 4.69) is 55.0 Å². The summed E-state index contributed by atoms with van der Waals surface area (Å²) in [5.41, 5.74) is 4.58. The predicted octanol–water partition coefficient (Wildman–Crippen LogP) is 8.64. The third-order valence-electron chi connectivity index (χ3n) is 12.2. The van der Waals surface area contributed by atoms with Crippen LogP contribution in [0.5, 0.6) is 17.2 Å². The van der Waals surface area contributed by atoms with Gasteiger partial charge in [-0.15, -0.1) is 0 Å². The van der Waals surface area contributed by atoms with E-state index < -0.39 is 11.5 Å². The Balaban J connectivity index is 1.14. The Hall–Kier alpha value is -3.49. The molecule has 3 aromatic rings. The van der Waals surface area contributed by atoms with Gasteiger partial charge in [0.2, 0.25) is 0 Å². The summed E-state index contributed by atoms with van der Waals surface area (Å²) in [6, 6.07) is 13.8. The number of hydrogen-bond donors (Lipinski definition) is 2. The van der Waals surface area contributed by atoms with Crippen LogP contribution in [0, 0.1) is 11.8 Å². The molecule has 0 amide bonds. The fourth-order valence-electron chi connectivity index (χ4n) is 9.37. The smallest absolute Gasteiger partial charge is 0.329 e. The highest BCUT2D eigenvalue weighted by Crippen LogP contribution is 2.58. The zero-order chi connectivity index (χ0) is 35.0. The molecule has 1 saturated carbocycles. The zero-order valence-corrected chi connectivity index (χ0v) is 30.7. The maximum Gasteiger partial charge on any atom is 0.329 e. The van der Waals surface area contributed by atoms with Crippen molar-refractivity contribution in [2.24, 2.45) is 11.8 Å². The van der Waals surface area contributed by atoms with Crippen molar-refractivity contribution >= 4 is 23.3 Å². The summed E-state index contributed by atoms with van der Waals surface area (Å²) in [5.74, 6) is 2.91. The van der Waals surface area contributed by atoms with Gasteiger partial charge in [0, 0.05) is 28.2 Å². The lowest BCUT2D eigenvalue weighted by molar-refractivity contribution is -0.144. The Morgan fingerprint density at radius 1 is 1.12 bits per heavy atom. The molecule has 3 aliphatic carbocycles. The third-order valence-corrected chi connectivity index (χ3v) is 12.4. The number of aromatic nitrogens is 1. The summed E-state index contributed by atoms with van der Waals surface area (Å²) in [7, 11) is 0. The van der Waals surface area contributed by atoms with Crippen LogP contribution in [0.2, 0.25) is 5.02 Å². The van der Waals surface area contributed by atoms with Crippen LogP contribution in [-0.4, -0.2) is 59.0 Å². The van der Waals surface area contributed by atoms with Crippen molar-refractivity contribution in [1.29, 1.82) is 0 Å². The third kappa shape index (κ3) is 6.66. The molecule has 2 heterocycles. The number of halogens is 1. The van der Waals surface area contributed by atoms with Crippen molar-refractivity contribution in [2.45, 2.75) is 109 Å². The highest BCUT2D eigenvalue weighted by atomic mass is 35.5. The van der Waals surface area contributed by atoms with Crippen LogP contribution < -0.4 is 19.5 Å². The van der Waals surface area contributed by atoms with Gasteiger partial charge < -0.3 is 24.6 Å². The fourth-order valence-corrected chi connectivity index (χ4v) is 9.56. The van der Waals surface area contributed by atoms with Crippen LogP contribution in [0.15, 0.2) is 48.7 Å². The first-order valence-electron chi connectivity index (χ1n) is 18.7. The standard InChI is InChI=1S/C41H52ClN3O5/c1-5-45(6-2)24-37-49-35-21-28-20-29(19-26(3)25-48-34-13-18-43-33-12-7-9-27(4)38(33)34)40(32(28)23-36(35)50-37)14-16-41(17-15-40,39(46)47)44-31-11-8-10-30(42)22-31/h8,10-11,13,18,21-23,26-27,29,37,44H,5-7,9,12,14-17,19-20,24-25H2,1-4H3,(H,46,47)/t26-,27-,29?,37?,40?,41?/m1/s1. The molecule has 8 nitrogen and oxygen atoms in total. The first-order valence-corrected chi connectivity index (χ1v) is 19.1. The lowest BCUT2D eigenvalue weighted by Crippen LogP contribution is -2.53. The van der Waals surface area contributed by atoms with Crippen molar-refractivity contribution in [2.75, 3.05) is 31.6 Å². The molecule has 50 heavy (non-hydrogen) atoms. The molecule has 1 fully saturated rings. The predicted molar refractivity (Wildman–Crippen MR) is 197 cm³/mol. The lowest BCUT2D eigenvalue weighted by Gasteiger charge is -2.47. The second-order valence-electron chi connectivity index (χ2n) is 15.3. The quantitative estimate of drug-likeness (QED) is 0.194. The van der Waals surface area contributed by atoms with Gasteiger partial charge in [0.15, 0.2) is 11.5 Å². The second-order valence-corrected chi connectivity index (χ2v) is 15.7. The van der Waals surface area contributed by atoms with Gasteiger partial charge in [-0.25, -0.2) is 4.79 Å². The molecule has 268 valence electrons. The Labute approximate surface area is 301 Å². The summed E-state index contributed by atoms with van der Waals surface area (Å²) in [6.45, 7) is 12.1. The molecule has 0 saturated heterocycles. The highest BCUT2D eigenvalue weighted by molar-refractivity contribution is 6.30. The Morgan fingerprint density at radius 3 is 2.60 bits per heavy atom. The van der Waals surface area contributed by atoms with Gasteiger partial charge in [0.25, 0.3) is 6.29 Å². The van der Waals surface area contributed by atoms with Crippen LogP contribution >= 0.6 is 11.6 Å². The van der Waals surface area contributed by atoms with E-state index >= 15 is 0 Å². The number of likely N-dealkylation sites (N-methyl/N-ethyl adjacent to an activating group) is 1. The molecule has 4 atom stereocenters. The second kappa shape index (κ2) is 14.3. The first-order chi connectivity index (χ1) is 24.1. The zero-order valence-electron chi connectivity index (χ0n) is 30.0. The summed E-state index contributed by atoms with van der Waals surface area (Å²) in [4.78, 5) is 20.0. The van der Waals surface area contributed by atoms with Gasteiger partial charge in [-0.2, -0.15) is 0 Å². The van der Waals surface area contributed by atoms with Crippen molar-refractivity contribution in [3.63, 3.8) is 0 Å². The molecule has 9 heteroatoms. The topological polar surface area (TPSA) is 93.2 Å². The molecule has 1 aliphatic heterocycles. The van der Waals surface area contributed by atoms with E-state index in [1.54, 1.807) is 0 Å². The number of fused-ring (bicyclic) bond motifs is 4. The molecule has 1 spiro atoms. The van der Waals surface area contributed by atoms with Gasteiger partial charge in [-0.05, 0) is 142 Å². The molecule has 2 N–H and O–H groups in total. The number of rotatable bonds is 12. The van der Waals surface area contributed by atoms with Gasteiger partial charge in [-0.1, -0.05) is 45.4 Å². The fraction of sp³-hybridized carbons (Fsp3) is 0.561. The Morgan fingerprint density at radius 2 is 1.88 bits per heavy atom. The number of ether oxygens (including phenoxy) is 3. The van der Waals surface area contributed by atoms with Gasteiger partial charge in [0.1, 0.15) is 11.3 Å². The van der Waals surface area contributed by atoms with Gasteiger partial charge in [-0.3, -0.25) is 9.88 Å². The van der Waals surface area contributed by atoms with Crippen LogP contribution in [0.3, 0.4) is 0 Å². The van der Waals surface area contributed by atoms with E-state index in [-0.39, 0.29) is 11.7 Å². The number of anilines is 1. The highest BCUT2D eigenvalue weighted by Gasteiger charge is 2.54. The van der Waals surface area contributed by atoms with Crippen molar-refractivity contribution in [3.8, 4) is 17.2 Å². The Bertz CT molecular complexity index is 1700. The summed E-state index contributed by atoms with van der Waals surface area (Å²) in [6.07, 6.45) is 9.39. The van der Waals surface area contributed by atoms with Crippen molar-refractivity contribution in [3.05, 3.63) is 76.1 Å². The molecule has 4 aliphatic rings. The lowest BCUT2D eigenvalue weighted by atomic mass is 9.59. The van der Waals surface area contributed by atoms with E-state index in [0.29, 0.717) is 48.8 Å². The Kier molecular flexibility index (Phi) is 9.97. The van der Waals surface area contributed by atoms with Crippen LogP contribution in [-0.2, 0) is 23.1 Å². The average Bonchev–Trinajstić information content (AvgIpc) is 3.63. The summed E-state index contributed by atoms with van der Waals surface area (Å²) < 4.78 is 19.4. The van der Waals surface area contributed by atoms with E-state index in [1.165, 1.54) is 35.2 Å². The SMILES string of the molecule is CCN(CC)CC1Oc2cc3c(cc2O1)C1(CCC(Nc2cccc(Cl)c2)(C(=O)O)CC1)C(C[C@@H](C)COc1ccnc2c1[C@H](C)CCC2)C3. The maximum atomic E-state index is 13.0. The molecule has 0 radical (unpaired) electrons. The van der Waals surface area contributed by atoms with Crippen LogP contribution in [0.4, 0.5) is 5.69 Å². The van der Waals surface area contributed by atoms with Gasteiger partial charge >= 0.3 is 5.97 Å². The largest absolute Gasteiger partial charge is 0.493 e. The minimum absolute atomic E-state index is 0.168. The maximum absolute atomic E-state index is 13.0. The van der Waals surface area contributed by atoms with Gasteiger partial charge in [0.05, 0.1) is 13.2 Å². The number of hydrogen-bond acceptors (Lipinski definition) is 7. The number of aryl methyl sites for hydroxylation is 1. The average molecular weight is 702 g/mol. The van der Waals surface area contributed by atoms with Crippen molar-refractivity contribution in [1.82, 2.24) is 9.88 Å². The van der Waals surface area contributed by atoms with E-state index in [1.807, 2.05) is 36.5 Å². The first kappa shape index (κ1) is 34.9. The van der Waals surface area contributed by atoms with Crippen molar-refractivity contribution < 1.29 is 24.1 Å².